The summed E-state index contributed by atoms with van der Waals surface area (Å²) in [5.41, 5.74) is 3.80. The van der Waals surface area contributed by atoms with Crippen molar-refractivity contribution in [3.05, 3.63) is 84.4 Å². The number of benzene rings is 4. The van der Waals surface area contributed by atoms with Crippen molar-refractivity contribution in [2.45, 2.75) is 18.9 Å². The average molecular weight is 521 g/mol. The fraction of sp³-hybridized carbons (Fsp3) is 0.250. The van der Waals surface area contributed by atoms with E-state index in [4.69, 9.17) is 4.42 Å². The summed E-state index contributed by atoms with van der Waals surface area (Å²) in [5.74, 6) is -0.0302. The minimum atomic E-state index is -0.120. The van der Waals surface area contributed by atoms with Gasteiger partial charge in [0.2, 0.25) is 5.91 Å². The molecule has 2 heterocycles. The molecule has 1 aromatic heterocycles. The molecular formula is C32H32N4O3. The predicted octanol–water partition coefficient (Wildman–Crippen LogP) is 5.64. The Bertz CT molecular complexity index is 1690. The maximum Gasteiger partial charge on any atom is 0.251 e. The number of carbonyl (C=O) groups excluding carboxylic acids is 2. The summed E-state index contributed by atoms with van der Waals surface area (Å²) in [6.45, 7) is 1.99. The van der Waals surface area contributed by atoms with E-state index in [0.29, 0.717) is 36.2 Å². The summed E-state index contributed by atoms with van der Waals surface area (Å²) < 4.78 is 6.15. The normalized spacial score (nSPS) is 15.9. The lowest BCUT2D eigenvalue weighted by atomic mass is 10.0. The van der Waals surface area contributed by atoms with Crippen LogP contribution >= 0.6 is 0 Å². The molecule has 7 heteroatoms. The van der Waals surface area contributed by atoms with Gasteiger partial charge in [-0.3, -0.25) is 9.59 Å². The number of carbonyl (C=O) groups is 2. The van der Waals surface area contributed by atoms with Crippen LogP contribution in [0.5, 0.6) is 0 Å². The minimum absolute atomic E-state index is 0.0895. The van der Waals surface area contributed by atoms with Gasteiger partial charge in [-0.25, -0.2) is 0 Å². The van der Waals surface area contributed by atoms with E-state index < -0.39 is 0 Å². The van der Waals surface area contributed by atoms with Crippen LogP contribution in [-0.4, -0.2) is 56.5 Å². The van der Waals surface area contributed by atoms with Gasteiger partial charge in [0.25, 0.3) is 5.91 Å². The van der Waals surface area contributed by atoms with Crippen LogP contribution in [0.3, 0.4) is 0 Å². The van der Waals surface area contributed by atoms with E-state index in [2.05, 4.69) is 41.0 Å². The van der Waals surface area contributed by atoms with Crippen LogP contribution in [0.4, 0.5) is 11.4 Å². The zero-order valence-corrected chi connectivity index (χ0v) is 22.2. The number of hydrogen-bond acceptors (Lipinski definition) is 5. The van der Waals surface area contributed by atoms with Crippen LogP contribution in [-0.2, 0) is 4.79 Å². The fourth-order valence-electron chi connectivity index (χ4n) is 5.31. The Morgan fingerprint density at radius 2 is 1.72 bits per heavy atom. The molecule has 1 fully saturated rings. The molecule has 0 saturated carbocycles. The highest BCUT2D eigenvalue weighted by Gasteiger charge is 2.27. The smallest absolute Gasteiger partial charge is 0.251 e. The standard InChI is InChI=1S/C32H32N4O3/c1-35(2)16-14-33-32(38)23-8-11-27-28-12-10-26(20-30(28)39-29(27)18-23)36-15-13-25(19-31(36)37)34-24-9-7-21-5-3-4-6-22(21)17-24/h3-12,17-18,20,25,34H,13-16,19H2,1-2H3,(H,33,38)/t25-/m0/s1. The lowest BCUT2D eigenvalue weighted by molar-refractivity contribution is -0.119. The first-order valence-corrected chi connectivity index (χ1v) is 13.4. The first-order valence-electron chi connectivity index (χ1n) is 13.4. The first-order chi connectivity index (χ1) is 18.9. The van der Waals surface area contributed by atoms with Crippen molar-refractivity contribution in [3.8, 4) is 0 Å². The lowest BCUT2D eigenvalue weighted by Gasteiger charge is -2.32. The average Bonchev–Trinajstić information content (AvgIpc) is 3.30. The van der Waals surface area contributed by atoms with Crippen LogP contribution in [0.1, 0.15) is 23.2 Å². The Morgan fingerprint density at radius 1 is 0.949 bits per heavy atom. The van der Waals surface area contributed by atoms with Gasteiger partial charge >= 0.3 is 0 Å². The summed E-state index contributed by atoms with van der Waals surface area (Å²) >= 11 is 0. The van der Waals surface area contributed by atoms with Crippen molar-refractivity contribution in [1.82, 2.24) is 10.2 Å². The molecule has 0 aliphatic carbocycles. The molecule has 2 amide bonds. The van der Waals surface area contributed by atoms with Gasteiger partial charge in [0, 0.05) is 65.9 Å². The van der Waals surface area contributed by atoms with Gasteiger partial charge in [-0.15, -0.1) is 0 Å². The second kappa shape index (κ2) is 10.4. The topological polar surface area (TPSA) is 77.8 Å². The molecule has 4 aromatic carbocycles. The number of fused-ring (bicyclic) bond motifs is 4. The van der Waals surface area contributed by atoms with Gasteiger partial charge in [0.05, 0.1) is 0 Å². The van der Waals surface area contributed by atoms with Gasteiger partial charge < -0.3 is 24.9 Å². The third-order valence-electron chi connectivity index (χ3n) is 7.42. The maximum absolute atomic E-state index is 13.2. The minimum Gasteiger partial charge on any atom is -0.456 e. The monoisotopic (exact) mass is 520 g/mol. The molecule has 0 radical (unpaired) electrons. The summed E-state index contributed by atoms with van der Waals surface area (Å²) in [7, 11) is 3.94. The zero-order chi connectivity index (χ0) is 26.9. The molecule has 0 bridgehead atoms. The van der Waals surface area contributed by atoms with E-state index in [1.54, 1.807) is 6.07 Å². The summed E-state index contributed by atoms with van der Waals surface area (Å²) in [6, 6.07) is 26.1. The maximum atomic E-state index is 13.2. The first kappa shape index (κ1) is 24.9. The second-order valence-corrected chi connectivity index (χ2v) is 10.5. The zero-order valence-electron chi connectivity index (χ0n) is 22.2. The van der Waals surface area contributed by atoms with Crippen LogP contribution in [0.2, 0.25) is 0 Å². The number of likely N-dealkylation sites (N-methyl/N-ethyl adjacent to an activating group) is 1. The van der Waals surface area contributed by atoms with Crippen LogP contribution in [0.15, 0.2) is 83.3 Å². The molecule has 1 aliphatic heterocycles. The summed E-state index contributed by atoms with van der Waals surface area (Å²) in [5, 5.41) is 10.8. The molecule has 1 atom stereocenters. The third kappa shape index (κ3) is 5.18. The largest absolute Gasteiger partial charge is 0.456 e. The molecule has 198 valence electrons. The van der Waals surface area contributed by atoms with Gasteiger partial charge in [-0.1, -0.05) is 30.3 Å². The molecule has 0 spiro atoms. The number of amides is 2. The predicted molar refractivity (Wildman–Crippen MR) is 158 cm³/mol. The van der Waals surface area contributed by atoms with Gasteiger partial charge in [-0.2, -0.15) is 0 Å². The van der Waals surface area contributed by atoms with Crippen LogP contribution in [0, 0.1) is 0 Å². The van der Waals surface area contributed by atoms with E-state index in [0.717, 1.165) is 35.1 Å². The fourth-order valence-corrected chi connectivity index (χ4v) is 5.31. The number of piperidine rings is 1. The van der Waals surface area contributed by atoms with Gasteiger partial charge in [-0.05, 0) is 73.8 Å². The molecule has 5 aromatic rings. The number of rotatable bonds is 7. The SMILES string of the molecule is CN(C)CCNC(=O)c1ccc2c(c1)oc1cc(N3CC[C@H](Nc4ccc5ccccc5c4)CC3=O)ccc12. The summed E-state index contributed by atoms with van der Waals surface area (Å²) in [4.78, 5) is 29.6. The Labute approximate surface area is 227 Å². The van der Waals surface area contributed by atoms with Crippen molar-refractivity contribution in [3.63, 3.8) is 0 Å². The molecule has 2 N–H and O–H groups in total. The quantitative estimate of drug-likeness (QED) is 0.291. The summed E-state index contributed by atoms with van der Waals surface area (Å²) in [6.07, 6.45) is 1.28. The van der Waals surface area contributed by atoms with Crippen molar-refractivity contribution in [2.75, 3.05) is 43.9 Å². The molecule has 7 nitrogen and oxygen atoms in total. The molecular weight excluding hydrogens is 488 g/mol. The molecule has 1 aliphatic rings. The Morgan fingerprint density at radius 3 is 2.51 bits per heavy atom. The van der Waals surface area contributed by atoms with Crippen molar-refractivity contribution in [2.24, 2.45) is 0 Å². The Balaban J connectivity index is 1.15. The number of nitrogens with zero attached hydrogens (tertiary/aromatic N) is 2. The van der Waals surface area contributed by atoms with E-state index in [-0.39, 0.29) is 17.9 Å². The van der Waals surface area contributed by atoms with E-state index in [1.807, 2.05) is 66.4 Å². The third-order valence-corrected chi connectivity index (χ3v) is 7.42. The Kier molecular flexibility index (Phi) is 6.67. The van der Waals surface area contributed by atoms with Crippen LogP contribution in [0.25, 0.3) is 32.7 Å². The number of nitrogens with one attached hydrogen (secondary N) is 2. The number of hydrogen-bond donors (Lipinski definition) is 2. The van der Waals surface area contributed by atoms with Crippen molar-refractivity contribution in [1.29, 1.82) is 0 Å². The second-order valence-electron chi connectivity index (χ2n) is 10.5. The van der Waals surface area contributed by atoms with E-state index >= 15 is 0 Å². The van der Waals surface area contributed by atoms with Gasteiger partial charge in [0.15, 0.2) is 0 Å². The highest BCUT2D eigenvalue weighted by Crippen LogP contribution is 2.33. The van der Waals surface area contributed by atoms with Gasteiger partial charge in [0.1, 0.15) is 11.2 Å². The highest BCUT2D eigenvalue weighted by atomic mass is 16.3. The molecule has 0 unspecified atom stereocenters. The molecule has 39 heavy (non-hydrogen) atoms. The number of anilines is 2. The van der Waals surface area contributed by atoms with E-state index in [1.165, 1.54) is 10.8 Å². The molecule has 6 rings (SSSR count). The van der Waals surface area contributed by atoms with Crippen molar-refractivity contribution >= 4 is 55.9 Å². The van der Waals surface area contributed by atoms with Crippen LogP contribution < -0.4 is 15.5 Å². The Hall–Kier alpha value is -4.36. The highest BCUT2D eigenvalue weighted by molar-refractivity contribution is 6.09. The molecule has 1 saturated heterocycles. The lowest BCUT2D eigenvalue weighted by Crippen LogP contribution is -2.43. The van der Waals surface area contributed by atoms with Crippen molar-refractivity contribution < 1.29 is 14.0 Å². The van der Waals surface area contributed by atoms with E-state index in [9.17, 15) is 9.59 Å². The number of furan rings is 1.